The van der Waals surface area contributed by atoms with Crippen LogP contribution in [0.2, 0.25) is 0 Å². The van der Waals surface area contributed by atoms with Crippen molar-refractivity contribution in [2.24, 2.45) is 0 Å². The lowest BCUT2D eigenvalue weighted by molar-refractivity contribution is -0.156. The highest BCUT2D eigenvalue weighted by Crippen LogP contribution is 2.23. The Bertz CT molecular complexity index is 577. The van der Waals surface area contributed by atoms with Crippen LogP contribution < -0.4 is 0 Å². The van der Waals surface area contributed by atoms with Crippen molar-refractivity contribution >= 4 is 11.9 Å². The molecule has 0 aliphatic rings. The Morgan fingerprint density at radius 3 is 2.21 bits per heavy atom. The van der Waals surface area contributed by atoms with Gasteiger partial charge in [0.25, 0.3) is 0 Å². The molecule has 24 heavy (non-hydrogen) atoms. The number of carbonyl (C=O) groups is 2. The standard InChI is InChI=1S/C20H26O4/c1-4-7-8-9-10-13-16-14-11-12-15-17(16)18(19(21)23-5-2)20(22)24-6-3/h11-12,14-15,18H,4-9H2,1-3H3. The van der Waals surface area contributed by atoms with Crippen molar-refractivity contribution in [3.8, 4) is 11.8 Å². The molecule has 0 radical (unpaired) electrons. The molecular weight excluding hydrogens is 304 g/mol. The van der Waals surface area contributed by atoms with Gasteiger partial charge in [-0.3, -0.25) is 9.59 Å². The average Bonchev–Trinajstić information content (AvgIpc) is 2.56. The lowest BCUT2D eigenvalue weighted by Gasteiger charge is -2.16. The molecule has 0 aliphatic heterocycles. The van der Waals surface area contributed by atoms with Gasteiger partial charge in [-0.2, -0.15) is 0 Å². The van der Waals surface area contributed by atoms with E-state index in [0.717, 1.165) is 25.7 Å². The van der Waals surface area contributed by atoms with Gasteiger partial charge < -0.3 is 9.47 Å². The molecule has 0 spiro atoms. The van der Waals surface area contributed by atoms with Crippen LogP contribution in [-0.4, -0.2) is 25.2 Å². The zero-order chi connectivity index (χ0) is 17.8. The normalized spacial score (nSPS) is 10.0. The summed E-state index contributed by atoms with van der Waals surface area (Å²) >= 11 is 0. The summed E-state index contributed by atoms with van der Waals surface area (Å²) in [7, 11) is 0. The first-order valence-corrected chi connectivity index (χ1v) is 8.56. The maximum absolute atomic E-state index is 12.3. The zero-order valence-electron chi connectivity index (χ0n) is 14.8. The van der Waals surface area contributed by atoms with Crippen LogP contribution in [0, 0.1) is 11.8 Å². The van der Waals surface area contributed by atoms with E-state index in [0.29, 0.717) is 11.1 Å². The molecule has 0 atom stereocenters. The number of rotatable bonds is 8. The van der Waals surface area contributed by atoms with Crippen molar-refractivity contribution < 1.29 is 19.1 Å². The SMILES string of the molecule is CCCCCC#Cc1ccccc1C(C(=O)OCC)C(=O)OCC. The fourth-order valence-corrected chi connectivity index (χ4v) is 2.29. The Morgan fingerprint density at radius 2 is 1.62 bits per heavy atom. The van der Waals surface area contributed by atoms with E-state index in [9.17, 15) is 9.59 Å². The van der Waals surface area contributed by atoms with Gasteiger partial charge in [-0.25, -0.2) is 0 Å². The third-order valence-corrected chi connectivity index (χ3v) is 3.44. The highest BCUT2D eigenvalue weighted by atomic mass is 16.6. The second kappa shape index (κ2) is 11.3. The molecule has 4 heteroatoms. The van der Waals surface area contributed by atoms with E-state index in [4.69, 9.17) is 9.47 Å². The van der Waals surface area contributed by atoms with Gasteiger partial charge >= 0.3 is 11.9 Å². The Kier molecular flexibility index (Phi) is 9.29. The Morgan fingerprint density at radius 1 is 1.00 bits per heavy atom. The van der Waals surface area contributed by atoms with Crippen LogP contribution in [0.3, 0.4) is 0 Å². The minimum atomic E-state index is -1.09. The number of unbranched alkanes of at least 4 members (excludes halogenated alkanes) is 3. The van der Waals surface area contributed by atoms with Crippen molar-refractivity contribution in [1.29, 1.82) is 0 Å². The molecule has 4 nitrogen and oxygen atoms in total. The predicted octanol–water partition coefficient (Wildman–Crippen LogP) is 3.83. The van der Waals surface area contributed by atoms with E-state index in [1.54, 1.807) is 26.0 Å². The molecular formula is C20H26O4. The van der Waals surface area contributed by atoms with Gasteiger partial charge in [-0.1, -0.05) is 49.8 Å². The maximum Gasteiger partial charge on any atom is 0.324 e. The van der Waals surface area contributed by atoms with E-state index in [2.05, 4.69) is 18.8 Å². The third kappa shape index (κ3) is 6.08. The molecule has 0 aliphatic carbocycles. The number of hydrogen-bond acceptors (Lipinski definition) is 4. The summed E-state index contributed by atoms with van der Waals surface area (Å²) in [5, 5.41) is 0. The summed E-state index contributed by atoms with van der Waals surface area (Å²) < 4.78 is 10.1. The molecule has 0 saturated carbocycles. The third-order valence-electron chi connectivity index (χ3n) is 3.44. The summed E-state index contributed by atoms with van der Waals surface area (Å²) in [6.45, 7) is 5.98. The molecule has 0 amide bonds. The van der Waals surface area contributed by atoms with Crippen molar-refractivity contribution in [3.05, 3.63) is 35.4 Å². The molecule has 1 rings (SSSR count). The summed E-state index contributed by atoms with van der Waals surface area (Å²) in [6.07, 6.45) is 4.13. The van der Waals surface area contributed by atoms with Crippen LogP contribution in [0.4, 0.5) is 0 Å². The van der Waals surface area contributed by atoms with Gasteiger partial charge in [0, 0.05) is 12.0 Å². The quantitative estimate of drug-likeness (QED) is 0.315. The van der Waals surface area contributed by atoms with Gasteiger partial charge in [-0.05, 0) is 31.9 Å². The minimum Gasteiger partial charge on any atom is -0.465 e. The van der Waals surface area contributed by atoms with Crippen molar-refractivity contribution in [1.82, 2.24) is 0 Å². The smallest absolute Gasteiger partial charge is 0.324 e. The van der Waals surface area contributed by atoms with Crippen molar-refractivity contribution in [2.75, 3.05) is 13.2 Å². The maximum atomic E-state index is 12.3. The molecule has 0 bridgehead atoms. The molecule has 0 aromatic heterocycles. The Hall–Kier alpha value is -2.28. The summed E-state index contributed by atoms with van der Waals surface area (Å²) in [6, 6.07) is 7.16. The topological polar surface area (TPSA) is 52.6 Å². The van der Waals surface area contributed by atoms with Crippen molar-refractivity contribution in [3.63, 3.8) is 0 Å². The average molecular weight is 330 g/mol. The fraction of sp³-hybridized carbons (Fsp3) is 0.500. The van der Waals surface area contributed by atoms with Crippen LogP contribution in [-0.2, 0) is 19.1 Å². The van der Waals surface area contributed by atoms with Crippen LogP contribution in [0.25, 0.3) is 0 Å². The monoisotopic (exact) mass is 330 g/mol. The van der Waals surface area contributed by atoms with Crippen LogP contribution >= 0.6 is 0 Å². The molecule has 130 valence electrons. The number of esters is 2. The second-order valence-electron chi connectivity index (χ2n) is 5.28. The molecule has 0 saturated heterocycles. The van der Waals surface area contributed by atoms with Gasteiger partial charge in [0.1, 0.15) is 0 Å². The van der Waals surface area contributed by atoms with E-state index >= 15 is 0 Å². The summed E-state index contributed by atoms with van der Waals surface area (Å²) in [4.78, 5) is 24.5. The number of hydrogen-bond donors (Lipinski definition) is 0. The largest absolute Gasteiger partial charge is 0.465 e. The number of benzene rings is 1. The van der Waals surface area contributed by atoms with Crippen molar-refractivity contribution in [2.45, 2.75) is 52.4 Å². The van der Waals surface area contributed by atoms with Gasteiger partial charge in [0.05, 0.1) is 13.2 Å². The Labute approximate surface area is 144 Å². The lowest BCUT2D eigenvalue weighted by Crippen LogP contribution is -2.26. The molecule has 1 aromatic rings. The zero-order valence-corrected chi connectivity index (χ0v) is 14.8. The van der Waals surface area contributed by atoms with E-state index in [1.165, 1.54) is 0 Å². The second-order valence-corrected chi connectivity index (χ2v) is 5.28. The first-order valence-electron chi connectivity index (χ1n) is 8.56. The van der Waals surface area contributed by atoms with Gasteiger partial charge in [0.2, 0.25) is 0 Å². The highest BCUT2D eigenvalue weighted by Gasteiger charge is 2.32. The first kappa shape index (κ1) is 19.8. The van der Waals surface area contributed by atoms with Gasteiger partial charge in [-0.15, -0.1) is 0 Å². The lowest BCUT2D eigenvalue weighted by atomic mass is 9.94. The van der Waals surface area contributed by atoms with Crippen LogP contribution in [0.15, 0.2) is 24.3 Å². The highest BCUT2D eigenvalue weighted by molar-refractivity contribution is 6.01. The van der Waals surface area contributed by atoms with E-state index in [1.807, 2.05) is 12.1 Å². The first-order chi connectivity index (χ1) is 11.7. The fourth-order valence-electron chi connectivity index (χ4n) is 2.29. The number of ether oxygens (including phenoxy) is 2. The minimum absolute atomic E-state index is 0.208. The summed E-state index contributed by atoms with van der Waals surface area (Å²) in [5.74, 6) is 3.91. The van der Waals surface area contributed by atoms with E-state index in [-0.39, 0.29) is 13.2 Å². The molecule has 1 aromatic carbocycles. The van der Waals surface area contributed by atoms with Crippen LogP contribution in [0.5, 0.6) is 0 Å². The summed E-state index contributed by atoms with van der Waals surface area (Å²) in [5.41, 5.74) is 1.21. The van der Waals surface area contributed by atoms with Crippen LogP contribution in [0.1, 0.15) is 63.5 Å². The van der Waals surface area contributed by atoms with Gasteiger partial charge in [0.15, 0.2) is 5.92 Å². The molecule has 0 heterocycles. The Balaban J connectivity index is 3.09. The number of carbonyl (C=O) groups excluding carboxylic acids is 2. The van der Waals surface area contributed by atoms with E-state index < -0.39 is 17.9 Å². The molecule has 0 fully saturated rings. The molecule has 0 unspecified atom stereocenters. The predicted molar refractivity (Wildman–Crippen MR) is 93.5 cm³/mol. The molecule has 0 N–H and O–H groups in total.